The molecule has 1 unspecified atom stereocenters. The summed E-state index contributed by atoms with van der Waals surface area (Å²) in [5, 5.41) is 0. The molecule has 0 bridgehead atoms. The van der Waals surface area contributed by atoms with Gasteiger partial charge >= 0.3 is 5.97 Å². The number of nitrogens with two attached hydrogens (primary N) is 1. The molecule has 0 spiro atoms. The zero-order chi connectivity index (χ0) is 13.3. The fraction of sp³-hybridized carbons (Fsp3) is 0.929. The van der Waals surface area contributed by atoms with Crippen LogP contribution in [0.5, 0.6) is 0 Å². The Balaban J connectivity index is 2.85. The molecule has 1 rings (SSSR count). The summed E-state index contributed by atoms with van der Waals surface area (Å²) in [5.74, 6) is 0.0658. The highest BCUT2D eigenvalue weighted by Gasteiger charge is 2.42. The Labute approximate surface area is 105 Å². The highest BCUT2D eigenvalue weighted by molar-refractivity contribution is 5.72. The third-order valence-corrected chi connectivity index (χ3v) is 3.91. The standard InChI is InChI=1S/C14H27NO2/c1-13(2)6-10(7-14(3,4)9-13)11(8-15)12(16)17-5/h10-11H,6-9,15H2,1-5H3. The molecule has 0 amide bonds. The summed E-state index contributed by atoms with van der Waals surface area (Å²) in [4.78, 5) is 11.8. The molecule has 1 saturated carbocycles. The van der Waals surface area contributed by atoms with Gasteiger partial charge in [0.1, 0.15) is 0 Å². The molecule has 17 heavy (non-hydrogen) atoms. The predicted molar refractivity (Wildman–Crippen MR) is 69.5 cm³/mol. The molecule has 0 heterocycles. The van der Waals surface area contributed by atoms with Crippen molar-refractivity contribution in [3.8, 4) is 0 Å². The Morgan fingerprint density at radius 3 is 2.12 bits per heavy atom. The minimum absolute atomic E-state index is 0.140. The molecule has 2 N–H and O–H groups in total. The Kier molecular flexibility index (Phi) is 4.23. The lowest BCUT2D eigenvalue weighted by Crippen LogP contribution is -2.41. The summed E-state index contributed by atoms with van der Waals surface area (Å²) in [5.41, 5.74) is 6.33. The summed E-state index contributed by atoms with van der Waals surface area (Å²) in [7, 11) is 1.45. The number of carbonyl (C=O) groups excluding carboxylic acids is 1. The van der Waals surface area contributed by atoms with Crippen LogP contribution in [-0.4, -0.2) is 19.6 Å². The Hall–Kier alpha value is -0.570. The van der Waals surface area contributed by atoms with Crippen LogP contribution < -0.4 is 5.73 Å². The fourth-order valence-corrected chi connectivity index (χ4v) is 3.85. The molecule has 1 aliphatic carbocycles. The van der Waals surface area contributed by atoms with Crippen LogP contribution in [0.3, 0.4) is 0 Å². The number of rotatable bonds is 3. The van der Waals surface area contributed by atoms with E-state index in [1.807, 2.05) is 0 Å². The van der Waals surface area contributed by atoms with Crippen LogP contribution in [0.15, 0.2) is 0 Å². The molecule has 0 radical (unpaired) electrons. The van der Waals surface area contributed by atoms with E-state index in [9.17, 15) is 4.79 Å². The molecule has 0 aliphatic heterocycles. The SMILES string of the molecule is COC(=O)C(CN)C1CC(C)(C)CC(C)(C)C1. The van der Waals surface area contributed by atoms with Crippen molar-refractivity contribution in [2.75, 3.05) is 13.7 Å². The summed E-state index contributed by atoms with van der Waals surface area (Å²) in [6, 6.07) is 0. The highest BCUT2D eigenvalue weighted by atomic mass is 16.5. The van der Waals surface area contributed by atoms with Crippen molar-refractivity contribution >= 4 is 5.97 Å². The molecule has 1 fully saturated rings. The number of carbonyl (C=O) groups is 1. The zero-order valence-electron chi connectivity index (χ0n) is 11.9. The van der Waals surface area contributed by atoms with Gasteiger partial charge in [0.2, 0.25) is 0 Å². The Morgan fingerprint density at radius 2 is 1.76 bits per heavy atom. The maximum Gasteiger partial charge on any atom is 0.310 e. The molecular formula is C14H27NO2. The van der Waals surface area contributed by atoms with Crippen LogP contribution in [-0.2, 0) is 9.53 Å². The molecule has 0 aromatic carbocycles. The van der Waals surface area contributed by atoms with E-state index in [1.165, 1.54) is 13.5 Å². The summed E-state index contributed by atoms with van der Waals surface area (Å²) < 4.78 is 4.87. The normalized spacial score (nSPS) is 25.3. The molecule has 3 nitrogen and oxygen atoms in total. The van der Waals surface area contributed by atoms with E-state index in [1.54, 1.807) is 0 Å². The van der Waals surface area contributed by atoms with Gasteiger partial charge in [-0.25, -0.2) is 0 Å². The van der Waals surface area contributed by atoms with Crippen LogP contribution >= 0.6 is 0 Å². The van der Waals surface area contributed by atoms with Gasteiger partial charge in [-0.15, -0.1) is 0 Å². The molecule has 1 aliphatic rings. The van der Waals surface area contributed by atoms with Crippen molar-refractivity contribution in [3.05, 3.63) is 0 Å². The maximum atomic E-state index is 11.8. The van der Waals surface area contributed by atoms with Crippen molar-refractivity contribution < 1.29 is 9.53 Å². The average Bonchev–Trinajstić information content (AvgIpc) is 2.13. The van der Waals surface area contributed by atoms with Crippen LogP contribution in [0.2, 0.25) is 0 Å². The minimum atomic E-state index is -0.147. The topological polar surface area (TPSA) is 52.3 Å². The minimum Gasteiger partial charge on any atom is -0.469 e. The lowest BCUT2D eigenvalue weighted by Gasteiger charge is -2.46. The molecular weight excluding hydrogens is 214 g/mol. The average molecular weight is 241 g/mol. The van der Waals surface area contributed by atoms with Gasteiger partial charge in [-0.2, -0.15) is 0 Å². The zero-order valence-corrected chi connectivity index (χ0v) is 11.9. The van der Waals surface area contributed by atoms with Crippen molar-refractivity contribution in [3.63, 3.8) is 0 Å². The summed E-state index contributed by atoms with van der Waals surface area (Å²) in [6.45, 7) is 9.53. The van der Waals surface area contributed by atoms with E-state index < -0.39 is 0 Å². The second-order valence-corrected chi connectivity index (χ2v) is 7.04. The highest BCUT2D eigenvalue weighted by Crippen LogP contribution is 2.50. The second kappa shape index (κ2) is 4.97. The van der Waals surface area contributed by atoms with E-state index in [2.05, 4.69) is 27.7 Å². The van der Waals surface area contributed by atoms with Crippen molar-refractivity contribution in [2.45, 2.75) is 47.0 Å². The third kappa shape index (κ3) is 3.70. The van der Waals surface area contributed by atoms with Crippen molar-refractivity contribution in [2.24, 2.45) is 28.4 Å². The van der Waals surface area contributed by atoms with Gasteiger partial charge in [-0.05, 0) is 36.0 Å². The molecule has 3 heteroatoms. The molecule has 1 atom stereocenters. The fourth-order valence-electron chi connectivity index (χ4n) is 3.85. The van der Waals surface area contributed by atoms with Gasteiger partial charge in [-0.3, -0.25) is 4.79 Å². The molecule has 0 aromatic rings. The number of hydrogen-bond donors (Lipinski definition) is 1. The second-order valence-electron chi connectivity index (χ2n) is 7.04. The summed E-state index contributed by atoms with van der Waals surface area (Å²) in [6.07, 6.45) is 3.33. The van der Waals surface area contributed by atoms with Gasteiger partial charge < -0.3 is 10.5 Å². The number of hydrogen-bond acceptors (Lipinski definition) is 3. The Morgan fingerprint density at radius 1 is 1.29 bits per heavy atom. The quantitative estimate of drug-likeness (QED) is 0.773. The molecule has 100 valence electrons. The van der Waals surface area contributed by atoms with Crippen LogP contribution in [0.1, 0.15) is 47.0 Å². The first-order valence-electron chi connectivity index (χ1n) is 6.49. The molecule has 0 aromatic heterocycles. The lowest BCUT2D eigenvalue weighted by molar-refractivity contribution is -0.148. The first-order valence-corrected chi connectivity index (χ1v) is 6.49. The van der Waals surface area contributed by atoms with E-state index in [0.717, 1.165) is 12.8 Å². The number of ether oxygens (including phenoxy) is 1. The van der Waals surface area contributed by atoms with Gasteiger partial charge in [-0.1, -0.05) is 27.7 Å². The van der Waals surface area contributed by atoms with Gasteiger partial charge in [0.05, 0.1) is 13.0 Å². The van der Waals surface area contributed by atoms with Crippen LogP contribution in [0.25, 0.3) is 0 Å². The monoisotopic (exact) mass is 241 g/mol. The van der Waals surface area contributed by atoms with E-state index in [-0.39, 0.29) is 22.7 Å². The Bertz CT molecular complexity index is 268. The van der Waals surface area contributed by atoms with Crippen LogP contribution in [0.4, 0.5) is 0 Å². The third-order valence-electron chi connectivity index (χ3n) is 3.91. The maximum absolute atomic E-state index is 11.8. The predicted octanol–water partition coefficient (Wildman–Crippen LogP) is 2.59. The largest absolute Gasteiger partial charge is 0.469 e. The molecule has 0 saturated heterocycles. The smallest absolute Gasteiger partial charge is 0.310 e. The van der Waals surface area contributed by atoms with Crippen molar-refractivity contribution in [1.29, 1.82) is 0 Å². The number of esters is 1. The van der Waals surface area contributed by atoms with E-state index in [4.69, 9.17) is 10.5 Å². The van der Waals surface area contributed by atoms with E-state index >= 15 is 0 Å². The lowest BCUT2D eigenvalue weighted by atomic mass is 9.59. The first kappa shape index (κ1) is 14.5. The van der Waals surface area contributed by atoms with Gasteiger partial charge in [0.15, 0.2) is 0 Å². The van der Waals surface area contributed by atoms with Crippen LogP contribution in [0, 0.1) is 22.7 Å². The summed E-state index contributed by atoms with van der Waals surface area (Å²) >= 11 is 0. The number of methoxy groups -OCH3 is 1. The van der Waals surface area contributed by atoms with E-state index in [0.29, 0.717) is 12.5 Å². The van der Waals surface area contributed by atoms with Gasteiger partial charge in [0.25, 0.3) is 0 Å². The first-order chi connectivity index (χ1) is 7.71. The van der Waals surface area contributed by atoms with Gasteiger partial charge in [0, 0.05) is 6.54 Å². The van der Waals surface area contributed by atoms with Crippen molar-refractivity contribution in [1.82, 2.24) is 0 Å².